The van der Waals surface area contributed by atoms with Crippen molar-refractivity contribution in [3.05, 3.63) is 40.9 Å². The number of anilines is 1. The number of hydrogen-bond acceptors (Lipinski definition) is 5. The second-order valence-electron chi connectivity index (χ2n) is 6.77. The minimum atomic E-state index is 0.0672. The Morgan fingerprint density at radius 2 is 2.00 bits per heavy atom. The highest BCUT2D eigenvalue weighted by atomic mass is 35.5. The predicted molar refractivity (Wildman–Crippen MR) is 101 cm³/mol. The lowest BCUT2D eigenvalue weighted by atomic mass is 9.87. The first-order valence-corrected chi connectivity index (χ1v) is 8.94. The van der Waals surface area contributed by atoms with Crippen LogP contribution in [0.15, 0.2) is 29.7 Å². The molecule has 3 heterocycles. The highest BCUT2D eigenvalue weighted by molar-refractivity contribution is 7.99. The van der Waals surface area contributed by atoms with Crippen molar-refractivity contribution in [2.75, 3.05) is 5.73 Å². The van der Waals surface area contributed by atoms with Gasteiger partial charge in [0.15, 0.2) is 5.16 Å². The van der Waals surface area contributed by atoms with Gasteiger partial charge in [-0.1, -0.05) is 44.1 Å². The van der Waals surface area contributed by atoms with Crippen LogP contribution in [0.1, 0.15) is 44.2 Å². The van der Waals surface area contributed by atoms with Gasteiger partial charge in [0.2, 0.25) is 0 Å². The van der Waals surface area contributed by atoms with Crippen molar-refractivity contribution in [3.63, 3.8) is 0 Å². The average molecular weight is 362 g/mol. The lowest BCUT2D eigenvalue weighted by Gasteiger charge is -2.18. The first-order valence-electron chi connectivity index (χ1n) is 7.68. The molecule has 24 heavy (non-hydrogen) atoms. The number of nitrogen functional groups attached to an aromatic ring is 1. The summed E-state index contributed by atoms with van der Waals surface area (Å²) >= 11 is 7.44. The van der Waals surface area contributed by atoms with Gasteiger partial charge < -0.3 is 10.7 Å². The Hall–Kier alpha value is -1.79. The number of H-pyrrole nitrogens is 1. The van der Waals surface area contributed by atoms with Crippen molar-refractivity contribution in [2.24, 2.45) is 0 Å². The Kier molecular flexibility index (Phi) is 4.44. The van der Waals surface area contributed by atoms with Crippen molar-refractivity contribution in [1.82, 2.24) is 19.9 Å². The Balaban J connectivity index is 1.93. The molecule has 0 aliphatic carbocycles. The summed E-state index contributed by atoms with van der Waals surface area (Å²) in [5.74, 6) is 0.369. The van der Waals surface area contributed by atoms with Crippen LogP contribution in [0.25, 0.3) is 10.9 Å². The largest absolute Gasteiger partial charge is 0.384 e. The standard InChI is InChI=1S/C17H20ClN5S/c1-9(24-16-22-14(18)6-15(19)23-16)12-5-10-11(17(2,3)4)7-20-13(10)8-21-12/h5-9,20H,1-4H3,(H2,19,22,23). The summed E-state index contributed by atoms with van der Waals surface area (Å²) in [7, 11) is 0. The molecule has 3 aromatic rings. The van der Waals surface area contributed by atoms with E-state index in [4.69, 9.17) is 17.3 Å². The normalized spacial score (nSPS) is 13.4. The van der Waals surface area contributed by atoms with Gasteiger partial charge >= 0.3 is 0 Å². The van der Waals surface area contributed by atoms with Gasteiger partial charge in [0.25, 0.3) is 0 Å². The second kappa shape index (κ2) is 6.26. The molecule has 7 heteroatoms. The number of aromatic nitrogens is 4. The molecule has 0 aromatic carbocycles. The van der Waals surface area contributed by atoms with E-state index in [2.05, 4.69) is 59.9 Å². The van der Waals surface area contributed by atoms with E-state index in [1.807, 2.05) is 6.20 Å². The van der Waals surface area contributed by atoms with Crippen LogP contribution in [0.2, 0.25) is 5.15 Å². The second-order valence-corrected chi connectivity index (χ2v) is 8.46. The van der Waals surface area contributed by atoms with Crippen LogP contribution >= 0.6 is 23.4 Å². The smallest absolute Gasteiger partial charge is 0.191 e. The molecule has 5 nitrogen and oxygen atoms in total. The Bertz CT molecular complexity index is 864. The number of nitrogens with two attached hydrogens (primary N) is 1. The van der Waals surface area contributed by atoms with Crippen LogP contribution in [0.5, 0.6) is 0 Å². The molecule has 0 spiro atoms. The summed E-state index contributed by atoms with van der Waals surface area (Å²) in [4.78, 5) is 16.3. The third-order valence-electron chi connectivity index (χ3n) is 3.79. The number of nitrogens with one attached hydrogen (secondary N) is 1. The molecule has 1 unspecified atom stereocenters. The van der Waals surface area contributed by atoms with Gasteiger partial charge in [-0.25, -0.2) is 9.97 Å². The van der Waals surface area contributed by atoms with Gasteiger partial charge in [0.05, 0.1) is 22.7 Å². The third kappa shape index (κ3) is 3.49. The predicted octanol–water partition coefficient (Wildman–Crippen LogP) is 4.74. The molecule has 0 saturated heterocycles. The van der Waals surface area contributed by atoms with Gasteiger partial charge in [-0.05, 0) is 24.0 Å². The summed E-state index contributed by atoms with van der Waals surface area (Å²) in [5, 5.41) is 2.18. The number of nitrogens with zero attached hydrogens (tertiary/aromatic N) is 3. The van der Waals surface area contributed by atoms with Gasteiger partial charge in [-0.3, -0.25) is 4.98 Å². The van der Waals surface area contributed by atoms with Crippen LogP contribution in [-0.4, -0.2) is 19.9 Å². The number of thioether (sulfide) groups is 1. The maximum atomic E-state index is 5.95. The molecule has 0 fully saturated rings. The fraction of sp³-hybridized carbons (Fsp3) is 0.353. The zero-order chi connectivity index (χ0) is 17.5. The van der Waals surface area contributed by atoms with Crippen molar-refractivity contribution in [2.45, 2.75) is 43.5 Å². The number of rotatable bonds is 3. The van der Waals surface area contributed by atoms with Crippen molar-refractivity contribution < 1.29 is 0 Å². The van der Waals surface area contributed by atoms with E-state index in [-0.39, 0.29) is 10.7 Å². The molecular formula is C17H20ClN5S. The maximum absolute atomic E-state index is 5.95. The summed E-state index contributed by atoms with van der Waals surface area (Å²) in [6.45, 7) is 8.69. The minimum Gasteiger partial charge on any atom is -0.384 e. The Morgan fingerprint density at radius 3 is 2.67 bits per heavy atom. The lowest BCUT2D eigenvalue weighted by Crippen LogP contribution is -2.10. The van der Waals surface area contributed by atoms with Gasteiger partial charge in [0.1, 0.15) is 11.0 Å². The highest BCUT2D eigenvalue weighted by Gasteiger charge is 2.20. The molecule has 0 aliphatic heterocycles. The molecule has 3 aromatic heterocycles. The molecule has 0 aliphatic rings. The van der Waals surface area contributed by atoms with E-state index in [0.29, 0.717) is 16.1 Å². The van der Waals surface area contributed by atoms with Crippen LogP contribution in [0, 0.1) is 0 Å². The zero-order valence-electron chi connectivity index (χ0n) is 14.1. The first-order chi connectivity index (χ1) is 11.2. The van der Waals surface area contributed by atoms with Crippen molar-refractivity contribution >= 4 is 40.1 Å². The molecule has 0 bridgehead atoms. The van der Waals surface area contributed by atoms with E-state index in [9.17, 15) is 0 Å². The van der Waals surface area contributed by atoms with E-state index in [1.54, 1.807) is 0 Å². The summed E-state index contributed by atoms with van der Waals surface area (Å²) in [5.41, 5.74) is 9.10. The maximum Gasteiger partial charge on any atom is 0.191 e. The number of hydrogen-bond donors (Lipinski definition) is 2. The van der Waals surface area contributed by atoms with Crippen molar-refractivity contribution in [3.8, 4) is 0 Å². The van der Waals surface area contributed by atoms with Crippen LogP contribution in [0.4, 0.5) is 5.82 Å². The lowest BCUT2D eigenvalue weighted by molar-refractivity contribution is 0.595. The molecule has 126 valence electrons. The van der Waals surface area contributed by atoms with Gasteiger partial charge in [-0.15, -0.1) is 0 Å². The molecule has 3 N–H and O–H groups in total. The van der Waals surface area contributed by atoms with Crippen LogP contribution in [-0.2, 0) is 5.41 Å². The average Bonchev–Trinajstić information content (AvgIpc) is 2.88. The number of aromatic amines is 1. The SMILES string of the molecule is CC(Sc1nc(N)cc(Cl)n1)c1cc2c(C(C)(C)C)c[nH]c2cn1. The quantitative estimate of drug-likeness (QED) is 0.400. The molecule has 0 saturated carbocycles. The fourth-order valence-corrected chi connectivity index (χ4v) is 3.68. The van der Waals surface area contributed by atoms with Crippen LogP contribution < -0.4 is 5.73 Å². The summed E-state index contributed by atoms with van der Waals surface area (Å²) < 4.78 is 0. The van der Waals surface area contributed by atoms with Crippen LogP contribution in [0.3, 0.4) is 0 Å². The fourth-order valence-electron chi connectivity index (χ4n) is 2.56. The van der Waals surface area contributed by atoms with Gasteiger partial charge in [0, 0.05) is 17.6 Å². The monoisotopic (exact) mass is 361 g/mol. The molecule has 1 atom stereocenters. The highest BCUT2D eigenvalue weighted by Crippen LogP contribution is 2.36. The molecule has 3 rings (SSSR count). The first kappa shape index (κ1) is 17.0. The van der Waals surface area contributed by atoms with E-state index < -0.39 is 0 Å². The zero-order valence-corrected chi connectivity index (χ0v) is 15.7. The molecular weight excluding hydrogens is 342 g/mol. The summed E-state index contributed by atoms with van der Waals surface area (Å²) in [6.07, 6.45) is 3.94. The third-order valence-corrected chi connectivity index (χ3v) is 4.97. The Labute approximate surface area is 150 Å². The summed E-state index contributed by atoms with van der Waals surface area (Å²) in [6, 6.07) is 3.67. The molecule has 0 radical (unpaired) electrons. The number of pyridine rings is 1. The number of fused-ring (bicyclic) bond motifs is 1. The minimum absolute atomic E-state index is 0.0672. The topological polar surface area (TPSA) is 80.5 Å². The van der Waals surface area contributed by atoms with Crippen molar-refractivity contribution in [1.29, 1.82) is 0 Å². The number of halogens is 1. The van der Waals surface area contributed by atoms with E-state index >= 15 is 0 Å². The Morgan fingerprint density at radius 1 is 1.25 bits per heavy atom. The molecule has 0 amide bonds. The van der Waals surface area contributed by atoms with E-state index in [0.717, 1.165) is 11.2 Å². The van der Waals surface area contributed by atoms with E-state index in [1.165, 1.54) is 28.8 Å². The van der Waals surface area contributed by atoms with Gasteiger partial charge in [-0.2, -0.15) is 0 Å².